The van der Waals surface area contributed by atoms with Crippen LogP contribution in [0.25, 0.3) is 0 Å². The van der Waals surface area contributed by atoms with Crippen LogP contribution < -0.4 is 0 Å². The van der Waals surface area contributed by atoms with Crippen LogP contribution >= 0.6 is 0 Å². The predicted molar refractivity (Wildman–Crippen MR) is 78.7 cm³/mol. The first kappa shape index (κ1) is 13.8. The van der Waals surface area contributed by atoms with Gasteiger partial charge in [-0.25, -0.2) is 0 Å². The van der Waals surface area contributed by atoms with E-state index in [4.69, 9.17) is 0 Å². The maximum atomic E-state index is 12.1. The highest BCUT2D eigenvalue weighted by Crippen LogP contribution is 2.27. The molecule has 110 valence electrons. The summed E-state index contributed by atoms with van der Waals surface area (Å²) in [6, 6.07) is 2.59. The zero-order valence-corrected chi connectivity index (χ0v) is 12.3. The quantitative estimate of drug-likeness (QED) is 0.829. The average Bonchev–Trinajstić information content (AvgIpc) is 3.11. The van der Waals surface area contributed by atoms with Crippen molar-refractivity contribution >= 4 is 5.78 Å². The van der Waals surface area contributed by atoms with Crippen molar-refractivity contribution in [2.24, 2.45) is 0 Å². The molecule has 1 aliphatic carbocycles. The third-order valence-electron chi connectivity index (χ3n) is 4.59. The highest BCUT2D eigenvalue weighted by atomic mass is 16.1. The van der Waals surface area contributed by atoms with Gasteiger partial charge in [0.1, 0.15) is 0 Å². The lowest BCUT2D eigenvalue weighted by Crippen LogP contribution is -2.27. The number of Topliss-reactive ketones (excluding diaryl/α,β-unsaturated/α-hetero) is 1. The van der Waals surface area contributed by atoms with Crippen LogP contribution in [0, 0.1) is 0 Å². The second kappa shape index (κ2) is 6.53. The van der Waals surface area contributed by atoms with E-state index in [-0.39, 0.29) is 0 Å². The molecule has 2 fully saturated rings. The molecule has 0 radical (unpaired) electrons. The van der Waals surface area contributed by atoms with Gasteiger partial charge in [0.15, 0.2) is 5.78 Å². The number of aromatic nitrogens is 2. The van der Waals surface area contributed by atoms with Gasteiger partial charge in [-0.15, -0.1) is 0 Å². The summed E-state index contributed by atoms with van der Waals surface area (Å²) < 4.78 is 2.09. The third kappa shape index (κ3) is 3.48. The van der Waals surface area contributed by atoms with Crippen LogP contribution in [0.1, 0.15) is 56.7 Å². The number of carbonyl (C=O) groups excluding carboxylic acids is 1. The van der Waals surface area contributed by atoms with Gasteiger partial charge in [-0.2, -0.15) is 5.10 Å². The Bertz CT molecular complexity index is 442. The van der Waals surface area contributed by atoms with E-state index in [0.717, 1.165) is 18.8 Å². The van der Waals surface area contributed by atoms with Gasteiger partial charge in [0, 0.05) is 6.20 Å². The molecule has 0 amide bonds. The molecule has 4 heteroatoms. The molecule has 1 aromatic rings. The van der Waals surface area contributed by atoms with Crippen molar-refractivity contribution in [3.8, 4) is 0 Å². The Labute approximate surface area is 121 Å². The zero-order valence-electron chi connectivity index (χ0n) is 12.3. The summed E-state index contributed by atoms with van der Waals surface area (Å²) in [5.41, 5.74) is 0.944. The minimum Gasteiger partial charge on any atom is -0.298 e. The highest BCUT2D eigenvalue weighted by molar-refractivity contribution is 5.82. The first-order valence-corrected chi connectivity index (χ1v) is 8.09. The lowest BCUT2D eigenvalue weighted by atomic mass is 9.96. The fraction of sp³-hybridized carbons (Fsp3) is 0.750. The zero-order chi connectivity index (χ0) is 13.8. The van der Waals surface area contributed by atoms with E-state index in [1.54, 1.807) is 0 Å². The van der Waals surface area contributed by atoms with Crippen LogP contribution in [0.15, 0.2) is 12.3 Å². The van der Waals surface area contributed by atoms with Crippen LogP contribution in [0.4, 0.5) is 0 Å². The van der Waals surface area contributed by atoms with Crippen molar-refractivity contribution in [2.75, 3.05) is 19.6 Å². The lowest BCUT2D eigenvalue weighted by Gasteiger charge is -2.21. The topological polar surface area (TPSA) is 38.1 Å². The molecule has 0 bridgehead atoms. The first-order chi connectivity index (χ1) is 9.81. The summed E-state index contributed by atoms with van der Waals surface area (Å²) in [7, 11) is 0. The van der Waals surface area contributed by atoms with Crippen molar-refractivity contribution in [3.63, 3.8) is 0 Å². The van der Waals surface area contributed by atoms with E-state index >= 15 is 0 Å². The Morgan fingerprint density at radius 3 is 2.65 bits per heavy atom. The first-order valence-electron chi connectivity index (χ1n) is 8.09. The molecule has 1 saturated carbocycles. The molecule has 1 aromatic heterocycles. The van der Waals surface area contributed by atoms with Crippen LogP contribution in [0.3, 0.4) is 0 Å². The van der Waals surface area contributed by atoms with E-state index < -0.39 is 0 Å². The fourth-order valence-corrected chi connectivity index (χ4v) is 3.47. The van der Waals surface area contributed by atoms with Crippen molar-refractivity contribution in [1.29, 1.82) is 0 Å². The van der Waals surface area contributed by atoms with E-state index in [2.05, 4.69) is 20.9 Å². The molecule has 2 aliphatic rings. The number of likely N-dealkylation sites (tertiary alicyclic amines) is 1. The maximum absolute atomic E-state index is 12.1. The molecule has 1 saturated heterocycles. The molecule has 0 spiro atoms. The number of hydrogen-bond donors (Lipinski definition) is 0. The molecular formula is C16H25N3O. The molecule has 4 nitrogen and oxygen atoms in total. The summed E-state index contributed by atoms with van der Waals surface area (Å²) in [6.45, 7) is 2.78. The Balaban J connectivity index is 1.52. The van der Waals surface area contributed by atoms with Gasteiger partial charge >= 0.3 is 0 Å². The Morgan fingerprint density at radius 2 is 1.90 bits per heavy atom. The fourth-order valence-electron chi connectivity index (χ4n) is 3.47. The molecule has 0 atom stereocenters. The number of rotatable bonds is 5. The van der Waals surface area contributed by atoms with Gasteiger partial charge in [-0.1, -0.05) is 19.3 Å². The van der Waals surface area contributed by atoms with Gasteiger partial charge in [-0.3, -0.25) is 14.4 Å². The molecule has 0 N–H and O–H groups in total. The largest absolute Gasteiger partial charge is 0.298 e. The molecule has 0 aromatic carbocycles. The van der Waals surface area contributed by atoms with Crippen molar-refractivity contribution < 1.29 is 4.79 Å². The van der Waals surface area contributed by atoms with Gasteiger partial charge in [0.2, 0.25) is 0 Å². The second-order valence-corrected chi connectivity index (χ2v) is 6.28. The summed E-state index contributed by atoms with van der Waals surface area (Å²) in [4.78, 5) is 14.3. The molecule has 20 heavy (non-hydrogen) atoms. The third-order valence-corrected chi connectivity index (χ3v) is 4.59. The van der Waals surface area contributed by atoms with Crippen LogP contribution in [0.5, 0.6) is 0 Å². The Morgan fingerprint density at radius 1 is 1.15 bits per heavy atom. The summed E-state index contributed by atoms with van der Waals surface area (Å²) in [5, 5.41) is 4.63. The van der Waals surface area contributed by atoms with Gasteiger partial charge in [0.05, 0.1) is 24.7 Å². The molecular weight excluding hydrogens is 250 g/mol. The number of hydrogen-bond acceptors (Lipinski definition) is 3. The molecule has 3 rings (SSSR count). The van der Waals surface area contributed by atoms with Crippen molar-refractivity contribution in [1.82, 2.24) is 14.7 Å². The monoisotopic (exact) mass is 275 g/mol. The maximum Gasteiger partial charge on any atom is 0.152 e. The highest BCUT2D eigenvalue weighted by Gasteiger charge is 2.18. The summed E-state index contributed by atoms with van der Waals surface area (Å²) >= 11 is 0. The van der Waals surface area contributed by atoms with E-state index in [1.165, 1.54) is 44.9 Å². The smallest absolute Gasteiger partial charge is 0.152 e. The number of carbonyl (C=O) groups is 1. The predicted octanol–water partition coefficient (Wildman–Crippen LogP) is 2.60. The SMILES string of the molecule is O=C(Cc1ccn(C2CCCCC2)n1)CN1CCCC1. The van der Waals surface area contributed by atoms with Crippen LogP contribution in [-0.2, 0) is 11.2 Å². The van der Waals surface area contributed by atoms with Gasteiger partial charge in [-0.05, 0) is 44.8 Å². The summed E-state index contributed by atoms with van der Waals surface area (Å²) in [5.74, 6) is 0.306. The minimum absolute atomic E-state index is 0.306. The average molecular weight is 275 g/mol. The van der Waals surface area contributed by atoms with Crippen LogP contribution in [0.2, 0.25) is 0 Å². The number of nitrogens with zero attached hydrogens (tertiary/aromatic N) is 3. The van der Waals surface area contributed by atoms with Gasteiger partial charge < -0.3 is 0 Å². The Hall–Kier alpha value is -1.16. The normalized spacial score (nSPS) is 21.4. The molecule has 0 unspecified atom stereocenters. The van der Waals surface area contributed by atoms with E-state index in [0.29, 0.717) is 24.8 Å². The van der Waals surface area contributed by atoms with Crippen LogP contribution in [-0.4, -0.2) is 40.1 Å². The molecule has 2 heterocycles. The second-order valence-electron chi connectivity index (χ2n) is 6.28. The summed E-state index contributed by atoms with van der Waals surface area (Å²) in [6.07, 6.45) is 11.5. The van der Waals surface area contributed by atoms with E-state index in [1.807, 2.05) is 6.07 Å². The minimum atomic E-state index is 0.306. The van der Waals surface area contributed by atoms with Crippen molar-refractivity contribution in [2.45, 2.75) is 57.4 Å². The Kier molecular flexibility index (Phi) is 4.51. The lowest BCUT2D eigenvalue weighted by molar-refractivity contribution is -0.119. The van der Waals surface area contributed by atoms with E-state index in [9.17, 15) is 4.79 Å². The van der Waals surface area contributed by atoms with Crippen molar-refractivity contribution in [3.05, 3.63) is 18.0 Å². The van der Waals surface area contributed by atoms with Gasteiger partial charge in [0.25, 0.3) is 0 Å². The number of ketones is 1. The standard InChI is InChI=1S/C16H25N3O/c20-16(13-18-9-4-5-10-18)12-14-8-11-19(17-14)15-6-2-1-3-7-15/h8,11,15H,1-7,9-10,12-13H2. The molecule has 1 aliphatic heterocycles.